The predicted octanol–water partition coefficient (Wildman–Crippen LogP) is 2.67. The van der Waals surface area contributed by atoms with Gasteiger partial charge in [0.15, 0.2) is 9.84 Å². The first-order valence-electron chi connectivity index (χ1n) is 7.72. The summed E-state index contributed by atoms with van der Waals surface area (Å²) in [6.45, 7) is 9.29. The number of hydrogen-bond donors (Lipinski definition) is 0. The molecule has 0 aliphatic carbocycles. The molecule has 1 aliphatic heterocycles. The average molecular weight is 323 g/mol. The lowest BCUT2D eigenvalue weighted by molar-refractivity contribution is -0.129. The van der Waals surface area contributed by atoms with Gasteiger partial charge in [0, 0.05) is 13.1 Å². The van der Waals surface area contributed by atoms with E-state index in [1.54, 1.807) is 38.1 Å². The highest BCUT2D eigenvalue weighted by molar-refractivity contribution is 7.92. The Morgan fingerprint density at radius 3 is 2.27 bits per heavy atom. The van der Waals surface area contributed by atoms with E-state index < -0.39 is 15.1 Å². The molecule has 122 valence electrons. The van der Waals surface area contributed by atoms with Crippen LogP contribution in [0.15, 0.2) is 29.2 Å². The Labute approximate surface area is 133 Å². The molecule has 1 aromatic rings. The number of rotatable bonds is 4. The Bertz CT molecular complexity index is 645. The summed E-state index contributed by atoms with van der Waals surface area (Å²) < 4.78 is 24.1. The summed E-state index contributed by atoms with van der Waals surface area (Å²) in [5, 5.41) is -0.438. The Balaban J connectivity index is 2.05. The van der Waals surface area contributed by atoms with Gasteiger partial charge in [-0.2, -0.15) is 0 Å². The van der Waals surface area contributed by atoms with Gasteiger partial charge in [0.1, 0.15) is 0 Å². The maximum atomic E-state index is 12.3. The van der Waals surface area contributed by atoms with E-state index >= 15 is 0 Å². The van der Waals surface area contributed by atoms with Crippen LogP contribution in [0.2, 0.25) is 0 Å². The van der Waals surface area contributed by atoms with Crippen LogP contribution in [0, 0.1) is 5.41 Å². The molecule has 5 heteroatoms. The summed E-state index contributed by atoms with van der Waals surface area (Å²) in [5.41, 5.74) is 1.06. The highest BCUT2D eigenvalue weighted by Gasteiger charge is 2.31. The van der Waals surface area contributed by atoms with Crippen molar-refractivity contribution in [1.29, 1.82) is 0 Å². The number of carbonyl (C=O) groups excluding carboxylic acids is 1. The first-order chi connectivity index (χ1) is 10.1. The van der Waals surface area contributed by atoms with Crippen molar-refractivity contribution in [3.8, 4) is 0 Å². The van der Waals surface area contributed by atoms with Gasteiger partial charge >= 0.3 is 0 Å². The highest BCUT2D eigenvalue weighted by Crippen LogP contribution is 2.29. The van der Waals surface area contributed by atoms with E-state index in [2.05, 4.69) is 13.8 Å². The molecule has 0 radical (unpaired) electrons. The molecule has 0 unspecified atom stereocenters. The third-order valence-corrected chi connectivity index (χ3v) is 6.43. The maximum absolute atomic E-state index is 12.3. The van der Waals surface area contributed by atoms with Crippen LogP contribution in [0.1, 0.15) is 39.7 Å². The number of likely N-dealkylation sites (tertiary alicyclic amines) is 1. The number of nitrogens with zero attached hydrogens (tertiary/aromatic N) is 1. The second-order valence-electron chi connectivity index (χ2n) is 7.14. The van der Waals surface area contributed by atoms with E-state index in [1.165, 1.54) is 0 Å². The molecule has 0 saturated carbocycles. The topological polar surface area (TPSA) is 54.5 Å². The number of benzene rings is 1. The molecule has 1 aromatic carbocycles. The molecule has 0 atom stereocenters. The summed E-state index contributed by atoms with van der Waals surface area (Å²) in [6.07, 6.45) is 1.36. The fourth-order valence-corrected chi connectivity index (χ4v) is 3.74. The van der Waals surface area contributed by atoms with E-state index in [1.807, 2.05) is 4.90 Å². The number of hydrogen-bond acceptors (Lipinski definition) is 3. The van der Waals surface area contributed by atoms with Crippen molar-refractivity contribution >= 4 is 15.7 Å². The summed E-state index contributed by atoms with van der Waals surface area (Å²) in [7, 11) is -3.25. The summed E-state index contributed by atoms with van der Waals surface area (Å²) >= 11 is 0. The van der Waals surface area contributed by atoms with Crippen molar-refractivity contribution in [2.45, 2.75) is 50.7 Å². The molecule has 0 spiro atoms. The molecule has 1 fully saturated rings. The smallest absolute Gasteiger partial charge is 0.227 e. The molecule has 22 heavy (non-hydrogen) atoms. The summed E-state index contributed by atoms with van der Waals surface area (Å²) in [5.74, 6) is 0.116. The number of amides is 1. The molecule has 1 saturated heterocycles. The first-order valence-corrected chi connectivity index (χ1v) is 9.27. The molecular weight excluding hydrogens is 298 g/mol. The normalized spacial score (nSPS) is 18.0. The lowest BCUT2D eigenvalue weighted by Gasteiger charge is -2.20. The molecule has 0 N–H and O–H groups in total. The summed E-state index contributed by atoms with van der Waals surface area (Å²) in [6, 6.07) is 6.69. The predicted molar refractivity (Wildman–Crippen MR) is 87.4 cm³/mol. The van der Waals surface area contributed by atoms with E-state index in [4.69, 9.17) is 0 Å². The van der Waals surface area contributed by atoms with Crippen molar-refractivity contribution in [3.63, 3.8) is 0 Å². The van der Waals surface area contributed by atoms with Crippen LogP contribution in [0.5, 0.6) is 0 Å². The van der Waals surface area contributed by atoms with Crippen LogP contribution in [0.25, 0.3) is 0 Å². The van der Waals surface area contributed by atoms with Crippen molar-refractivity contribution in [2.75, 3.05) is 13.1 Å². The monoisotopic (exact) mass is 323 g/mol. The molecule has 1 amide bonds. The molecule has 0 aromatic heterocycles. The SMILES string of the molecule is CC(C)S(=O)(=O)c1ccc(CC(=O)N2CCC(C)(C)C2)cc1. The third kappa shape index (κ3) is 3.69. The minimum atomic E-state index is -3.25. The Hall–Kier alpha value is -1.36. The van der Waals surface area contributed by atoms with Gasteiger partial charge in [0.2, 0.25) is 5.91 Å². The zero-order valence-electron chi connectivity index (χ0n) is 13.8. The Morgan fingerprint density at radius 2 is 1.82 bits per heavy atom. The van der Waals surface area contributed by atoms with Crippen molar-refractivity contribution < 1.29 is 13.2 Å². The molecule has 1 heterocycles. The summed E-state index contributed by atoms with van der Waals surface area (Å²) in [4.78, 5) is 14.5. The van der Waals surface area contributed by atoms with E-state index in [-0.39, 0.29) is 11.3 Å². The van der Waals surface area contributed by atoms with Gasteiger partial charge in [-0.1, -0.05) is 26.0 Å². The second-order valence-corrected chi connectivity index (χ2v) is 9.65. The van der Waals surface area contributed by atoms with Crippen LogP contribution in [0.4, 0.5) is 0 Å². The lowest BCUT2D eigenvalue weighted by atomic mass is 9.93. The Morgan fingerprint density at radius 1 is 1.23 bits per heavy atom. The van der Waals surface area contributed by atoms with Gasteiger partial charge in [-0.3, -0.25) is 4.79 Å². The van der Waals surface area contributed by atoms with Crippen LogP contribution < -0.4 is 0 Å². The van der Waals surface area contributed by atoms with Crippen molar-refractivity contribution in [3.05, 3.63) is 29.8 Å². The zero-order chi connectivity index (χ0) is 16.5. The van der Waals surface area contributed by atoms with Crippen molar-refractivity contribution in [1.82, 2.24) is 4.90 Å². The van der Waals surface area contributed by atoms with Crippen LogP contribution in [0.3, 0.4) is 0 Å². The Kier molecular flexibility index (Phi) is 4.66. The standard InChI is InChI=1S/C17H25NO3S/c1-13(2)22(20,21)15-7-5-14(6-8-15)11-16(19)18-10-9-17(3,4)12-18/h5-8,13H,9-12H2,1-4H3. The van der Waals surface area contributed by atoms with E-state index in [9.17, 15) is 13.2 Å². The quantitative estimate of drug-likeness (QED) is 0.856. The zero-order valence-corrected chi connectivity index (χ0v) is 14.6. The second kappa shape index (κ2) is 6.03. The fraction of sp³-hybridized carbons (Fsp3) is 0.588. The number of sulfone groups is 1. The fourth-order valence-electron chi connectivity index (χ4n) is 2.68. The van der Waals surface area contributed by atoms with Crippen LogP contribution >= 0.6 is 0 Å². The third-order valence-electron chi connectivity index (χ3n) is 4.26. The molecule has 2 rings (SSSR count). The van der Waals surface area contributed by atoms with E-state index in [0.717, 1.165) is 25.1 Å². The van der Waals surface area contributed by atoms with Gasteiger partial charge in [-0.15, -0.1) is 0 Å². The largest absolute Gasteiger partial charge is 0.342 e. The minimum Gasteiger partial charge on any atom is -0.342 e. The molecule has 4 nitrogen and oxygen atoms in total. The molecule has 1 aliphatic rings. The number of carbonyl (C=O) groups is 1. The minimum absolute atomic E-state index is 0.116. The highest BCUT2D eigenvalue weighted by atomic mass is 32.2. The lowest BCUT2D eigenvalue weighted by Crippen LogP contribution is -2.31. The average Bonchev–Trinajstić information content (AvgIpc) is 2.79. The molecular formula is C17H25NO3S. The van der Waals surface area contributed by atoms with Gasteiger partial charge in [0.05, 0.1) is 16.6 Å². The van der Waals surface area contributed by atoms with Gasteiger partial charge in [0.25, 0.3) is 0 Å². The first kappa shape index (κ1) is 17.0. The van der Waals surface area contributed by atoms with E-state index in [0.29, 0.717) is 11.3 Å². The maximum Gasteiger partial charge on any atom is 0.227 e. The van der Waals surface area contributed by atoms with Crippen molar-refractivity contribution in [2.24, 2.45) is 5.41 Å². The van der Waals surface area contributed by atoms with Crippen LogP contribution in [-0.4, -0.2) is 37.6 Å². The van der Waals surface area contributed by atoms with Gasteiger partial charge in [-0.25, -0.2) is 8.42 Å². The van der Waals surface area contributed by atoms with Crippen LogP contribution in [-0.2, 0) is 21.1 Å². The molecule has 0 bridgehead atoms. The van der Waals surface area contributed by atoms with Gasteiger partial charge in [-0.05, 0) is 43.4 Å². The van der Waals surface area contributed by atoms with Gasteiger partial charge < -0.3 is 4.90 Å².